The molecule has 0 saturated carbocycles. The molecule has 1 aromatic carbocycles. The third-order valence-corrected chi connectivity index (χ3v) is 3.95. The largest absolute Gasteiger partial charge is 0.463 e. The molecule has 0 fully saturated rings. The molecule has 0 aliphatic carbocycles. The zero-order valence-corrected chi connectivity index (χ0v) is 14.1. The van der Waals surface area contributed by atoms with Crippen molar-refractivity contribution in [3.05, 3.63) is 60.0 Å². The number of hydrogen-bond acceptors (Lipinski definition) is 3. The van der Waals surface area contributed by atoms with Crippen molar-refractivity contribution in [3.8, 4) is 17.1 Å². The van der Waals surface area contributed by atoms with Crippen molar-refractivity contribution in [2.45, 2.75) is 33.2 Å². The third-order valence-electron chi connectivity index (χ3n) is 3.95. The van der Waals surface area contributed by atoms with Crippen molar-refractivity contribution in [1.29, 1.82) is 0 Å². The van der Waals surface area contributed by atoms with E-state index in [0.29, 0.717) is 17.1 Å². The summed E-state index contributed by atoms with van der Waals surface area (Å²) < 4.78 is 7.09. The van der Waals surface area contributed by atoms with Crippen LogP contribution in [0.15, 0.2) is 53.1 Å². The third kappa shape index (κ3) is 3.25. The van der Waals surface area contributed by atoms with Gasteiger partial charge in [-0.05, 0) is 50.1 Å². The van der Waals surface area contributed by atoms with Crippen LogP contribution < -0.4 is 5.32 Å². The quantitative estimate of drug-likeness (QED) is 0.773. The van der Waals surface area contributed by atoms with Gasteiger partial charge in [0.05, 0.1) is 12.0 Å². The van der Waals surface area contributed by atoms with Crippen molar-refractivity contribution < 1.29 is 9.21 Å². The number of furan rings is 1. The van der Waals surface area contributed by atoms with Crippen LogP contribution in [0.25, 0.3) is 17.1 Å². The maximum atomic E-state index is 12.7. The van der Waals surface area contributed by atoms with Gasteiger partial charge in [0, 0.05) is 12.1 Å². The van der Waals surface area contributed by atoms with Gasteiger partial charge in [-0.1, -0.05) is 19.1 Å². The molecule has 0 aliphatic heterocycles. The molecular formula is C19H21N3O2. The predicted molar refractivity (Wildman–Crippen MR) is 93.2 cm³/mol. The zero-order valence-electron chi connectivity index (χ0n) is 14.1. The van der Waals surface area contributed by atoms with E-state index in [2.05, 4.69) is 10.4 Å². The normalized spacial score (nSPS) is 12.1. The van der Waals surface area contributed by atoms with E-state index in [1.165, 1.54) is 0 Å². The highest BCUT2D eigenvalue weighted by Gasteiger charge is 2.19. The molecule has 2 aromatic heterocycles. The van der Waals surface area contributed by atoms with E-state index in [-0.39, 0.29) is 11.9 Å². The standard InChI is InChI=1S/C19H21N3O2/c1-4-14(3)20-19(23)17-12-16(18-9-6-10-24-18)21-22(17)15-8-5-7-13(2)11-15/h5-12,14H,4H2,1-3H3,(H,20,23)/t14-/m1/s1. The molecule has 0 radical (unpaired) electrons. The average Bonchev–Trinajstić information content (AvgIpc) is 3.23. The fourth-order valence-electron chi connectivity index (χ4n) is 2.44. The number of carbonyl (C=O) groups excluding carboxylic acids is 1. The molecule has 5 nitrogen and oxygen atoms in total. The van der Waals surface area contributed by atoms with Crippen LogP contribution in [0.2, 0.25) is 0 Å². The number of nitrogens with zero attached hydrogens (tertiary/aromatic N) is 2. The molecule has 2 heterocycles. The Morgan fingerprint density at radius 2 is 2.12 bits per heavy atom. The van der Waals surface area contributed by atoms with Crippen LogP contribution in [0.3, 0.4) is 0 Å². The first-order valence-electron chi connectivity index (χ1n) is 8.10. The van der Waals surface area contributed by atoms with E-state index in [1.807, 2.05) is 51.1 Å². The van der Waals surface area contributed by atoms with Crippen LogP contribution in [0, 0.1) is 6.92 Å². The van der Waals surface area contributed by atoms with Gasteiger partial charge in [-0.2, -0.15) is 5.10 Å². The molecular weight excluding hydrogens is 302 g/mol. The molecule has 124 valence electrons. The Morgan fingerprint density at radius 1 is 1.29 bits per heavy atom. The molecule has 0 spiro atoms. The SMILES string of the molecule is CC[C@@H](C)NC(=O)c1cc(-c2ccco2)nn1-c1cccc(C)c1. The van der Waals surface area contributed by atoms with E-state index in [0.717, 1.165) is 17.7 Å². The number of nitrogens with one attached hydrogen (secondary N) is 1. The molecule has 24 heavy (non-hydrogen) atoms. The monoisotopic (exact) mass is 323 g/mol. The van der Waals surface area contributed by atoms with Crippen LogP contribution in [-0.4, -0.2) is 21.7 Å². The first-order chi connectivity index (χ1) is 11.6. The zero-order chi connectivity index (χ0) is 17.1. The van der Waals surface area contributed by atoms with Gasteiger partial charge in [-0.25, -0.2) is 4.68 Å². The van der Waals surface area contributed by atoms with Crippen LogP contribution in [0.1, 0.15) is 36.3 Å². The number of carbonyl (C=O) groups is 1. The van der Waals surface area contributed by atoms with Gasteiger partial charge in [-0.15, -0.1) is 0 Å². The topological polar surface area (TPSA) is 60.1 Å². The molecule has 1 atom stereocenters. The highest BCUT2D eigenvalue weighted by Crippen LogP contribution is 2.22. The number of hydrogen-bond donors (Lipinski definition) is 1. The van der Waals surface area contributed by atoms with Crippen LogP contribution in [0.4, 0.5) is 0 Å². The van der Waals surface area contributed by atoms with Crippen molar-refractivity contribution >= 4 is 5.91 Å². The Hall–Kier alpha value is -2.82. The van der Waals surface area contributed by atoms with Gasteiger partial charge in [0.15, 0.2) is 5.76 Å². The highest BCUT2D eigenvalue weighted by molar-refractivity contribution is 5.94. The maximum absolute atomic E-state index is 12.7. The Labute approximate surface area is 141 Å². The highest BCUT2D eigenvalue weighted by atomic mass is 16.3. The van der Waals surface area contributed by atoms with E-state index in [1.54, 1.807) is 23.1 Å². The number of rotatable bonds is 5. The summed E-state index contributed by atoms with van der Waals surface area (Å²) in [7, 11) is 0. The van der Waals surface area contributed by atoms with Crippen LogP contribution >= 0.6 is 0 Å². The molecule has 0 saturated heterocycles. The lowest BCUT2D eigenvalue weighted by Crippen LogP contribution is -2.33. The minimum absolute atomic E-state index is 0.102. The van der Waals surface area contributed by atoms with Gasteiger partial charge in [0.2, 0.25) is 0 Å². The number of aryl methyl sites for hydroxylation is 1. The fraction of sp³-hybridized carbons (Fsp3) is 0.263. The molecule has 0 bridgehead atoms. The summed E-state index contributed by atoms with van der Waals surface area (Å²) in [4.78, 5) is 12.7. The van der Waals surface area contributed by atoms with Gasteiger partial charge in [-0.3, -0.25) is 4.79 Å². The fourth-order valence-corrected chi connectivity index (χ4v) is 2.44. The molecule has 0 aliphatic rings. The smallest absolute Gasteiger partial charge is 0.270 e. The molecule has 3 aromatic rings. The van der Waals surface area contributed by atoms with E-state index in [4.69, 9.17) is 4.42 Å². The first kappa shape index (κ1) is 16.1. The summed E-state index contributed by atoms with van der Waals surface area (Å²) in [5.41, 5.74) is 3.08. The first-order valence-corrected chi connectivity index (χ1v) is 8.10. The minimum atomic E-state index is -0.142. The van der Waals surface area contributed by atoms with Crippen LogP contribution in [-0.2, 0) is 0 Å². The van der Waals surface area contributed by atoms with Crippen LogP contribution in [0.5, 0.6) is 0 Å². The Morgan fingerprint density at radius 3 is 2.79 bits per heavy atom. The van der Waals surface area contributed by atoms with Crippen molar-refractivity contribution in [3.63, 3.8) is 0 Å². The lowest BCUT2D eigenvalue weighted by Gasteiger charge is -2.12. The maximum Gasteiger partial charge on any atom is 0.270 e. The van der Waals surface area contributed by atoms with E-state index < -0.39 is 0 Å². The Kier molecular flexibility index (Phi) is 4.51. The second-order valence-electron chi connectivity index (χ2n) is 5.93. The molecule has 1 amide bonds. The minimum Gasteiger partial charge on any atom is -0.463 e. The summed E-state index contributed by atoms with van der Waals surface area (Å²) in [5, 5.41) is 7.58. The summed E-state index contributed by atoms with van der Waals surface area (Å²) in [5.74, 6) is 0.496. The van der Waals surface area contributed by atoms with Crippen molar-refractivity contribution in [2.24, 2.45) is 0 Å². The molecule has 3 rings (SSSR count). The van der Waals surface area contributed by atoms with Gasteiger partial charge in [0.1, 0.15) is 11.4 Å². The second kappa shape index (κ2) is 6.74. The summed E-state index contributed by atoms with van der Waals surface area (Å²) in [6, 6.07) is 13.4. The van der Waals surface area contributed by atoms with Crippen molar-refractivity contribution in [2.75, 3.05) is 0 Å². The number of benzene rings is 1. The van der Waals surface area contributed by atoms with E-state index >= 15 is 0 Å². The van der Waals surface area contributed by atoms with Gasteiger partial charge in [0.25, 0.3) is 5.91 Å². The summed E-state index contributed by atoms with van der Waals surface area (Å²) in [6.45, 7) is 6.04. The predicted octanol–water partition coefficient (Wildman–Crippen LogP) is 3.97. The lowest BCUT2D eigenvalue weighted by molar-refractivity contribution is 0.0931. The summed E-state index contributed by atoms with van der Waals surface area (Å²) in [6.07, 6.45) is 2.47. The van der Waals surface area contributed by atoms with Crippen molar-refractivity contribution in [1.82, 2.24) is 15.1 Å². The average molecular weight is 323 g/mol. The van der Waals surface area contributed by atoms with E-state index in [9.17, 15) is 4.79 Å². The summed E-state index contributed by atoms with van der Waals surface area (Å²) >= 11 is 0. The Bertz CT molecular complexity index is 834. The van der Waals surface area contributed by atoms with Gasteiger partial charge < -0.3 is 9.73 Å². The molecule has 1 N–H and O–H groups in total. The lowest BCUT2D eigenvalue weighted by atomic mass is 10.2. The number of aromatic nitrogens is 2. The number of amides is 1. The van der Waals surface area contributed by atoms with Gasteiger partial charge >= 0.3 is 0 Å². The molecule has 0 unspecified atom stereocenters. The molecule has 5 heteroatoms. The second-order valence-corrected chi connectivity index (χ2v) is 5.93. The Balaban J connectivity index is 2.06.